The number of benzene rings is 1. The van der Waals surface area contributed by atoms with Gasteiger partial charge < -0.3 is 15.2 Å². The van der Waals surface area contributed by atoms with E-state index >= 15 is 0 Å². The van der Waals surface area contributed by atoms with Gasteiger partial charge in [0, 0.05) is 18.8 Å². The molecule has 0 saturated heterocycles. The van der Waals surface area contributed by atoms with Gasteiger partial charge in [0.15, 0.2) is 0 Å². The molecule has 0 bridgehead atoms. The van der Waals surface area contributed by atoms with E-state index in [4.69, 9.17) is 21.6 Å². The SMILES string of the molecule is CC(C)CCCOCC(O)CNc1ccc(C#N)c(Cl)c1. The van der Waals surface area contributed by atoms with Crippen molar-refractivity contribution in [2.24, 2.45) is 5.92 Å². The number of hydrogen-bond acceptors (Lipinski definition) is 4. The highest BCUT2D eigenvalue weighted by Crippen LogP contribution is 2.20. The number of hydrogen-bond donors (Lipinski definition) is 2. The first kappa shape index (κ1) is 17.8. The minimum atomic E-state index is -0.571. The molecule has 2 N–H and O–H groups in total. The number of nitrogens with one attached hydrogen (secondary N) is 1. The molecule has 0 amide bonds. The number of aliphatic hydroxyl groups is 1. The van der Waals surface area contributed by atoms with Crippen LogP contribution in [0.25, 0.3) is 0 Å². The van der Waals surface area contributed by atoms with Crippen molar-refractivity contribution in [2.75, 3.05) is 25.1 Å². The van der Waals surface area contributed by atoms with E-state index in [0.717, 1.165) is 18.5 Å². The predicted molar refractivity (Wildman–Crippen MR) is 85.6 cm³/mol. The third-order valence-corrected chi connectivity index (χ3v) is 3.32. The van der Waals surface area contributed by atoms with Crippen LogP contribution in [0.3, 0.4) is 0 Å². The van der Waals surface area contributed by atoms with Gasteiger partial charge in [-0.3, -0.25) is 0 Å². The summed E-state index contributed by atoms with van der Waals surface area (Å²) < 4.78 is 5.44. The van der Waals surface area contributed by atoms with Crippen LogP contribution in [-0.2, 0) is 4.74 Å². The fourth-order valence-electron chi connectivity index (χ4n) is 1.82. The molecule has 0 aliphatic heterocycles. The maximum atomic E-state index is 9.82. The van der Waals surface area contributed by atoms with Crippen molar-refractivity contribution in [3.8, 4) is 6.07 Å². The van der Waals surface area contributed by atoms with E-state index in [1.165, 1.54) is 0 Å². The molecule has 0 aliphatic rings. The van der Waals surface area contributed by atoms with Gasteiger partial charge in [-0.15, -0.1) is 0 Å². The van der Waals surface area contributed by atoms with Gasteiger partial charge in [0.05, 0.1) is 23.3 Å². The van der Waals surface area contributed by atoms with Gasteiger partial charge in [0.25, 0.3) is 0 Å². The maximum Gasteiger partial charge on any atom is 0.101 e. The quantitative estimate of drug-likeness (QED) is 0.686. The Kier molecular flexibility index (Phi) is 8.14. The zero-order chi connectivity index (χ0) is 15.7. The van der Waals surface area contributed by atoms with Crippen LogP contribution in [0.2, 0.25) is 5.02 Å². The number of aliphatic hydroxyl groups excluding tert-OH is 1. The van der Waals surface area contributed by atoms with E-state index in [2.05, 4.69) is 19.2 Å². The van der Waals surface area contributed by atoms with Gasteiger partial charge in [0.2, 0.25) is 0 Å². The molecule has 1 rings (SSSR count). The normalized spacial score (nSPS) is 12.2. The van der Waals surface area contributed by atoms with E-state index in [-0.39, 0.29) is 0 Å². The zero-order valence-corrected chi connectivity index (χ0v) is 13.4. The molecule has 0 aromatic heterocycles. The number of halogens is 1. The Morgan fingerprint density at radius 1 is 1.43 bits per heavy atom. The summed E-state index contributed by atoms with van der Waals surface area (Å²) in [5.41, 5.74) is 1.22. The Labute approximate surface area is 131 Å². The zero-order valence-electron chi connectivity index (χ0n) is 12.6. The number of rotatable bonds is 9. The fraction of sp³-hybridized carbons (Fsp3) is 0.562. The van der Waals surface area contributed by atoms with E-state index in [1.54, 1.807) is 18.2 Å². The van der Waals surface area contributed by atoms with Crippen molar-refractivity contribution in [1.82, 2.24) is 0 Å². The monoisotopic (exact) mass is 310 g/mol. The Hall–Kier alpha value is -1.28. The predicted octanol–water partition coefficient (Wildman–Crippen LogP) is 3.44. The summed E-state index contributed by atoms with van der Waals surface area (Å²) in [6.45, 7) is 5.74. The van der Waals surface area contributed by atoms with E-state index in [9.17, 15) is 5.11 Å². The van der Waals surface area contributed by atoms with Gasteiger partial charge in [-0.1, -0.05) is 25.4 Å². The van der Waals surface area contributed by atoms with Crippen molar-refractivity contribution in [3.63, 3.8) is 0 Å². The molecule has 5 heteroatoms. The molecule has 1 unspecified atom stereocenters. The van der Waals surface area contributed by atoms with Gasteiger partial charge in [0.1, 0.15) is 6.07 Å². The first-order valence-corrected chi connectivity index (χ1v) is 7.60. The summed E-state index contributed by atoms with van der Waals surface area (Å²) in [6.07, 6.45) is 1.58. The average Bonchev–Trinajstić information content (AvgIpc) is 2.44. The molecular weight excluding hydrogens is 288 g/mol. The second-order valence-corrected chi connectivity index (χ2v) is 5.86. The molecule has 1 aromatic rings. The van der Waals surface area contributed by atoms with Crippen LogP contribution in [-0.4, -0.2) is 31.0 Å². The molecule has 1 atom stereocenters. The van der Waals surface area contributed by atoms with Crippen LogP contribution in [0.4, 0.5) is 5.69 Å². The topological polar surface area (TPSA) is 65.3 Å². The maximum absolute atomic E-state index is 9.82. The van der Waals surface area contributed by atoms with Gasteiger partial charge >= 0.3 is 0 Å². The Morgan fingerprint density at radius 2 is 2.19 bits per heavy atom. The lowest BCUT2D eigenvalue weighted by Crippen LogP contribution is -2.25. The smallest absolute Gasteiger partial charge is 0.101 e. The highest BCUT2D eigenvalue weighted by molar-refractivity contribution is 6.32. The molecule has 0 fully saturated rings. The number of anilines is 1. The van der Waals surface area contributed by atoms with Gasteiger partial charge in [-0.05, 0) is 37.0 Å². The Morgan fingerprint density at radius 3 is 2.81 bits per heavy atom. The Balaban J connectivity index is 2.22. The molecular formula is C16H23ClN2O2. The minimum Gasteiger partial charge on any atom is -0.389 e. The van der Waals surface area contributed by atoms with Crippen LogP contribution in [0, 0.1) is 17.2 Å². The average molecular weight is 311 g/mol. The molecule has 0 spiro atoms. The summed E-state index contributed by atoms with van der Waals surface area (Å²) in [5, 5.41) is 22.1. The molecule has 0 aliphatic carbocycles. The standard InChI is InChI=1S/C16H23ClN2O2/c1-12(2)4-3-7-21-11-15(20)10-19-14-6-5-13(9-18)16(17)8-14/h5-6,8,12,15,19-20H,3-4,7,10-11H2,1-2H3. The highest BCUT2D eigenvalue weighted by atomic mass is 35.5. The fourth-order valence-corrected chi connectivity index (χ4v) is 2.05. The lowest BCUT2D eigenvalue weighted by atomic mass is 10.1. The Bertz CT molecular complexity index is 472. The summed E-state index contributed by atoms with van der Waals surface area (Å²) in [5.74, 6) is 0.682. The van der Waals surface area contributed by atoms with Crippen LogP contribution >= 0.6 is 11.6 Å². The summed E-state index contributed by atoms with van der Waals surface area (Å²) in [4.78, 5) is 0. The first-order chi connectivity index (χ1) is 10.0. The lowest BCUT2D eigenvalue weighted by Gasteiger charge is -2.14. The van der Waals surface area contributed by atoms with Crippen molar-refractivity contribution in [3.05, 3.63) is 28.8 Å². The van der Waals surface area contributed by atoms with E-state index in [0.29, 0.717) is 36.3 Å². The molecule has 0 saturated carbocycles. The minimum absolute atomic E-state index is 0.315. The van der Waals surface area contributed by atoms with Crippen molar-refractivity contribution in [2.45, 2.75) is 32.8 Å². The van der Waals surface area contributed by atoms with E-state index < -0.39 is 6.10 Å². The second-order valence-electron chi connectivity index (χ2n) is 5.45. The lowest BCUT2D eigenvalue weighted by molar-refractivity contribution is 0.0409. The van der Waals surface area contributed by atoms with Crippen molar-refractivity contribution >= 4 is 17.3 Å². The number of ether oxygens (including phenoxy) is 1. The molecule has 0 heterocycles. The summed E-state index contributed by atoms with van der Waals surface area (Å²) >= 11 is 5.94. The molecule has 1 aromatic carbocycles. The third-order valence-electron chi connectivity index (χ3n) is 3.01. The molecule has 116 valence electrons. The van der Waals surface area contributed by atoms with Crippen molar-refractivity contribution in [1.29, 1.82) is 5.26 Å². The second kappa shape index (κ2) is 9.62. The van der Waals surface area contributed by atoms with Crippen LogP contribution < -0.4 is 5.32 Å². The molecule has 4 nitrogen and oxygen atoms in total. The highest BCUT2D eigenvalue weighted by Gasteiger charge is 2.06. The third kappa shape index (κ3) is 7.33. The van der Waals surface area contributed by atoms with Crippen LogP contribution in [0.5, 0.6) is 0 Å². The van der Waals surface area contributed by atoms with Gasteiger partial charge in [-0.25, -0.2) is 0 Å². The molecule has 0 radical (unpaired) electrons. The first-order valence-electron chi connectivity index (χ1n) is 7.22. The largest absolute Gasteiger partial charge is 0.389 e. The number of nitriles is 1. The number of nitrogens with zero attached hydrogens (tertiary/aromatic N) is 1. The summed E-state index contributed by atoms with van der Waals surface area (Å²) in [7, 11) is 0. The summed E-state index contributed by atoms with van der Waals surface area (Å²) in [6, 6.07) is 7.10. The van der Waals surface area contributed by atoms with Gasteiger partial charge in [-0.2, -0.15) is 5.26 Å². The molecule has 21 heavy (non-hydrogen) atoms. The van der Waals surface area contributed by atoms with E-state index in [1.807, 2.05) is 6.07 Å². The van der Waals surface area contributed by atoms with Crippen LogP contribution in [0.1, 0.15) is 32.3 Å². The van der Waals surface area contributed by atoms with Crippen LogP contribution in [0.15, 0.2) is 18.2 Å². The van der Waals surface area contributed by atoms with Crippen molar-refractivity contribution < 1.29 is 9.84 Å².